The lowest BCUT2D eigenvalue weighted by atomic mass is 9.64. The van der Waals surface area contributed by atoms with Gasteiger partial charge in [-0.15, -0.1) is 0 Å². The van der Waals surface area contributed by atoms with E-state index in [1.165, 1.54) is 82.3 Å². The Labute approximate surface area is 318 Å². The van der Waals surface area contributed by atoms with Crippen LogP contribution in [0.15, 0.2) is 191 Å². The first kappa shape index (κ1) is 31.6. The van der Waals surface area contributed by atoms with Gasteiger partial charge in [-0.3, -0.25) is 4.98 Å². The Morgan fingerprint density at radius 1 is 0.519 bits per heavy atom. The first-order valence-electron chi connectivity index (χ1n) is 19.0. The monoisotopic (exact) mass is 709 g/mol. The number of hydrogen-bond donors (Lipinski definition) is 0. The van der Waals surface area contributed by atoms with E-state index >= 15 is 0 Å². The minimum atomic E-state index is -1.24. The predicted molar refractivity (Wildman–Crippen MR) is 230 cm³/mol. The van der Waals surface area contributed by atoms with Crippen molar-refractivity contribution >= 4 is 31.7 Å². The maximum atomic E-state index is 4.89. The third kappa shape index (κ3) is 4.44. The minimum Gasteiger partial charge on any atom is -0.256 e. The van der Waals surface area contributed by atoms with Gasteiger partial charge >= 0.3 is 0 Å². The summed E-state index contributed by atoms with van der Waals surface area (Å²) in [6, 6.07) is 59.3. The van der Waals surface area contributed by atoms with Crippen molar-refractivity contribution in [3.05, 3.63) is 203 Å². The fraction of sp³-hybridized carbons (Fsp3) is 0.0962. The van der Waals surface area contributed by atoms with Crippen LogP contribution in [0.3, 0.4) is 0 Å². The van der Waals surface area contributed by atoms with E-state index < -0.39 is 15.4 Å². The highest BCUT2D eigenvalue weighted by atomic mass is 32.3. The quantitative estimate of drug-likeness (QED) is 0.178. The molecule has 1 spiro atoms. The summed E-state index contributed by atoms with van der Waals surface area (Å²) >= 11 is 0. The van der Waals surface area contributed by atoms with Gasteiger partial charge in [0, 0.05) is 11.6 Å². The van der Waals surface area contributed by atoms with Gasteiger partial charge in [0.15, 0.2) is 0 Å². The third-order valence-electron chi connectivity index (χ3n) is 12.3. The highest BCUT2D eigenvalue weighted by molar-refractivity contribution is 8.36. The number of allylic oxidation sites excluding steroid dienone is 3. The SMILES string of the molecule is CS1(C)C2=C(CCC=C2)C2(c3cc(-c4ccc5ccccc5c4)ccc3-c3ccc(-c4cc(-c5ccccc5)cc5ncccc45)cc32)c2ccccc21. The van der Waals surface area contributed by atoms with Crippen LogP contribution in [0.5, 0.6) is 0 Å². The summed E-state index contributed by atoms with van der Waals surface area (Å²) in [5.74, 6) is 0. The Bertz CT molecular complexity index is 2910. The summed E-state index contributed by atoms with van der Waals surface area (Å²) < 4.78 is 0. The fourth-order valence-electron chi connectivity index (χ4n) is 9.87. The number of fused-ring (bicyclic) bond motifs is 10. The summed E-state index contributed by atoms with van der Waals surface area (Å²) in [7, 11) is -1.24. The summed E-state index contributed by atoms with van der Waals surface area (Å²) in [4.78, 5) is 7.93. The van der Waals surface area contributed by atoms with Crippen molar-refractivity contribution < 1.29 is 0 Å². The average molecular weight is 710 g/mol. The molecule has 2 heteroatoms. The Morgan fingerprint density at radius 3 is 2.07 bits per heavy atom. The largest absolute Gasteiger partial charge is 0.256 e. The van der Waals surface area contributed by atoms with Gasteiger partial charge in [0.1, 0.15) is 0 Å². The van der Waals surface area contributed by atoms with E-state index in [1.807, 2.05) is 6.20 Å². The van der Waals surface area contributed by atoms with Crippen molar-refractivity contribution in [1.82, 2.24) is 4.98 Å². The van der Waals surface area contributed by atoms with Gasteiger partial charge in [0.05, 0.1) is 10.9 Å². The molecule has 0 amide bonds. The molecular formula is C52H39NS. The molecule has 1 aliphatic heterocycles. The number of hydrogen-bond acceptors (Lipinski definition) is 1. The second-order valence-corrected chi connectivity index (χ2v) is 18.9. The predicted octanol–water partition coefficient (Wildman–Crippen LogP) is 13.7. The van der Waals surface area contributed by atoms with Crippen LogP contribution in [-0.2, 0) is 5.41 Å². The molecule has 11 rings (SSSR count). The van der Waals surface area contributed by atoms with Gasteiger partial charge in [-0.25, -0.2) is 0 Å². The van der Waals surface area contributed by atoms with Crippen molar-refractivity contribution in [2.45, 2.75) is 23.2 Å². The van der Waals surface area contributed by atoms with E-state index in [4.69, 9.17) is 4.98 Å². The van der Waals surface area contributed by atoms with Crippen LogP contribution >= 0.6 is 10.0 Å². The van der Waals surface area contributed by atoms with Crippen molar-refractivity contribution in [1.29, 1.82) is 0 Å². The Kier molecular flexibility index (Phi) is 6.88. The number of pyridine rings is 1. The van der Waals surface area contributed by atoms with Crippen molar-refractivity contribution in [2.24, 2.45) is 0 Å². The van der Waals surface area contributed by atoms with Gasteiger partial charge < -0.3 is 0 Å². The standard InChI is InChI=1S/C52H39NS/c1-54(2)50-20-10-8-18-45(50)52(46-19-9-11-21-51(46)54)47-31-38(37-23-22-35-15-6-7-16-36(35)29-37)24-26-41(47)42-27-25-39(32-48(42)52)44-30-40(34-13-4-3-5-14-34)33-49-43(44)17-12-28-53-49/h3-8,10-18,20-33H,9,19H2,1-2H3. The molecule has 7 aromatic carbocycles. The topological polar surface area (TPSA) is 12.9 Å². The van der Waals surface area contributed by atoms with Gasteiger partial charge in [0.2, 0.25) is 0 Å². The van der Waals surface area contributed by atoms with Crippen LogP contribution in [-0.4, -0.2) is 17.5 Å². The lowest BCUT2D eigenvalue weighted by molar-refractivity contribution is 0.671. The third-order valence-corrected chi connectivity index (χ3v) is 15.3. The van der Waals surface area contributed by atoms with Crippen LogP contribution in [0.25, 0.3) is 66.2 Å². The number of aromatic nitrogens is 1. The fourth-order valence-corrected chi connectivity index (χ4v) is 12.6. The smallest absolute Gasteiger partial charge is 0.0714 e. The van der Waals surface area contributed by atoms with E-state index in [0.29, 0.717) is 0 Å². The number of nitrogens with zero attached hydrogens (tertiary/aromatic N) is 1. The van der Waals surface area contributed by atoms with Crippen LogP contribution in [0.2, 0.25) is 0 Å². The zero-order chi connectivity index (χ0) is 36.0. The molecule has 1 aromatic heterocycles. The van der Waals surface area contributed by atoms with Gasteiger partial charge in [-0.05, 0) is 155 Å². The molecule has 2 aliphatic carbocycles. The molecule has 258 valence electrons. The van der Waals surface area contributed by atoms with Crippen LogP contribution in [0.4, 0.5) is 0 Å². The van der Waals surface area contributed by atoms with E-state index in [0.717, 1.165) is 18.4 Å². The molecule has 0 saturated heterocycles. The number of rotatable bonds is 3. The van der Waals surface area contributed by atoms with Crippen LogP contribution < -0.4 is 0 Å². The summed E-state index contributed by atoms with van der Waals surface area (Å²) in [5, 5.41) is 3.72. The highest BCUT2D eigenvalue weighted by Crippen LogP contribution is 2.72. The second-order valence-electron chi connectivity index (χ2n) is 15.4. The Hall–Kier alpha value is -5.96. The van der Waals surface area contributed by atoms with Gasteiger partial charge in [0.25, 0.3) is 0 Å². The first-order valence-corrected chi connectivity index (χ1v) is 21.4. The van der Waals surface area contributed by atoms with Crippen molar-refractivity contribution in [3.8, 4) is 44.5 Å². The minimum absolute atomic E-state index is 0.405. The van der Waals surface area contributed by atoms with Crippen molar-refractivity contribution in [2.75, 3.05) is 12.5 Å². The summed E-state index contributed by atoms with van der Waals surface area (Å²) in [6.07, 6.45) is 14.0. The lowest BCUT2D eigenvalue weighted by Crippen LogP contribution is -2.36. The van der Waals surface area contributed by atoms with Crippen LogP contribution in [0.1, 0.15) is 29.5 Å². The van der Waals surface area contributed by atoms with E-state index in [-0.39, 0.29) is 0 Å². The summed E-state index contributed by atoms with van der Waals surface area (Å²) in [5.41, 5.74) is 16.5. The average Bonchev–Trinajstić information content (AvgIpc) is 3.52. The maximum Gasteiger partial charge on any atom is 0.0714 e. The number of benzene rings is 7. The molecule has 3 aliphatic rings. The van der Waals surface area contributed by atoms with Crippen molar-refractivity contribution in [3.63, 3.8) is 0 Å². The van der Waals surface area contributed by atoms with E-state index in [1.54, 1.807) is 10.5 Å². The molecule has 0 bridgehead atoms. The molecule has 1 unspecified atom stereocenters. The zero-order valence-corrected chi connectivity index (χ0v) is 31.3. The van der Waals surface area contributed by atoms with E-state index in [9.17, 15) is 0 Å². The maximum absolute atomic E-state index is 4.89. The molecule has 8 aromatic rings. The van der Waals surface area contributed by atoms with Crippen LogP contribution in [0, 0.1) is 0 Å². The van der Waals surface area contributed by atoms with E-state index in [2.05, 4.69) is 182 Å². The van der Waals surface area contributed by atoms with Gasteiger partial charge in [-0.1, -0.05) is 127 Å². The molecule has 1 atom stereocenters. The zero-order valence-electron chi connectivity index (χ0n) is 30.5. The second kappa shape index (κ2) is 11.8. The molecule has 0 N–H and O–H groups in total. The lowest BCUT2D eigenvalue weighted by Gasteiger charge is -2.51. The molecule has 0 fully saturated rings. The highest BCUT2D eigenvalue weighted by Gasteiger charge is 2.53. The molecule has 2 heterocycles. The first-order chi connectivity index (χ1) is 26.5. The molecule has 54 heavy (non-hydrogen) atoms. The van der Waals surface area contributed by atoms with Gasteiger partial charge in [-0.2, -0.15) is 10.0 Å². The molecule has 0 radical (unpaired) electrons. The summed E-state index contributed by atoms with van der Waals surface area (Å²) in [6.45, 7) is 0. The Morgan fingerprint density at radius 2 is 1.22 bits per heavy atom. The normalized spacial score (nSPS) is 18.3. The molecule has 1 nitrogen and oxygen atoms in total. The Balaban J connectivity index is 1.22. The molecule has 0 saturated carbocycles. The molecular weight excluding hydrogens is 671 g/mol.